The number of methoxy groups -OCH3 is 1. The van der Waals surface area contributed by atoms with E-state index in [1.807, 2.05) is 32.0 Å². The van der Waals surface area contributed by atoms with Crippen molar-refractivity contribution in [1.82, 2.24) is 5.32 Å². The lowest BCUT2D eigenvalue weighted by molar-refractivity contribution is -0.144. The van der Waals surface area contributed by atoms with Gasteiger partial charge in [0.1, 0.15) is 6.04 Å². The second-order valence-electron chi connectivity index (χ2n) is 4.36. The van der Waals surface area contributed by atoms with Crippen LogP contribution in [0.1, 0.15) is 23.6 Å². The summed E-state index contributed by atoms with van der Waals surface area (Å²) in [7, 11) is 1.30. The van der Waals surface area contributed by atoms with Gasteiger partial charge in [-0.15, -0.1) is 0 Å². The lowest BCUT2D eigenvalue weighted by Gasteiger charge is -2.13. The minimum absolute atomic E-state index is 0.176. The maximum absolute atomic E-state index is 11.8. The van der Waals surface area contributed by atoms with E-state index in [9.17, 15) is 9.59 Å². The van der Waals surface area contributed by atoms with E-state index in [-0.39, 0.29) is 12.3 Å². The van der Waals surface area contributed by atoms with Crippen molar-refractivity contribution >= 4 is 11.9 Å². The van der Waals surface area contributed by atoms with Gasteiger partial charge in [-0.1, -0.05) is 18.2 Å². The summed E-state index contributed by atoms with van der Waals surface area (Å²) in [6, 6.07) is 5.29. The van der Waals surface area contributed by atoms with Crippen molar-refractivity contribution < 1.29 is 14.3 Å². The molecule has 98 valence electrons. The smallest absolute Gasteiger partial charge is 0.328 e. The number of carbonyl (C=O) groups excluding carboxylic acids is 2. The topological polar surface area (TPSA) is 55.4 Å². The second kappa shape index (κ2) is 6.19. The molecule has 0 radical (unpaired) electrons. The Labute approximate surface area is 107 Å². The maximum Gasteiger partial charge on any atom is 0.328 e. The second-order valence-corrected chi connectivity index (χ2v) is 4.36. The average molecular weight is 249 g/mol. The molecule has 0 fully saturated rings. The van der Waals surface area contributed by atoms with Crippen molar-refractivity contribution in [2.24, 2.45) is 0 Å². The van der Waals surface area contributed by atoms with Gasteiger partial charge in [0, 0.05) is 0 Å². The first-order valence-electron chi connectivity index (χ1n) is 5.88. The quantitative estimate of drug-likeness (QED) is 0.823. The van der Waals surface area contributed by atoms with Crippen molar-refractivity contribution in [3.8, 4) is 0 Å². The van der Waals surface area contributed by atoms with Crippen LogP contribution in [0.15, 0.2) is 18.2 Å². The van der Waals surface area contributed by atoms with Gasteiger partial charge in [0.2, 0.25) is 5.91 Å². The first-order valence-corrected chi connectivity index (χ1v) is 5.88. The van der Waals surface area contributed by atoms with E-state index >= 15 is 0 Å². The summed E-state index contributed by atoms with van der Waals surface area (Å²) in [6.07, 6.45) is 0.278. The first-order chi connectivity index (χ1) is 8.45. The molecule has 1 aromatic carbocycles. The molecule has 4 nitrogen and oxygen atoms in total. The van der Waals surface area contributed by atoms with Crippen LogP contribution in [0.3, 0.4) is 0 Å². The van der Waals surface area contributed by atoms with Gasteiger partial charge in [0.25, 0.3) is 0 Å². The molecule has 1 amide bonds. The summed E-state index contributed by atoms with van der Waals surface area (Å²) in [5, 5.41) is 2.62. The van der Waals surface area contributed by atoms with Gasteiger partial charge >= 0.3 is 5.97 Å². The highest BCUT2D eigenvalue weighted by Gasteiger charge is 2.16. The minimum atomic E-state index is -0.619. The number of hydrogen-bond donors (Lipinski definition) is 1. The van der Waals surface area contributed by atoms with Crippen LogP contribution in [0.25, 0.3) is 0 Å². The molecular weight excluding hydrogens is 230 g/mol. The van der Waals surface area contributed by atoms with E-state index in [2.05, 4.69) is 10.1 Å². The van der Waals surface area contributed by atoms with Crippen LogP contribution in [0, 0.1) is 13.8 Å². The lowest BCUT2D eigenvalue weighted by atomic mass is 10.00. The number of aryl methyl sites for hydroxylation is 2. The molecule has 0 spiro atoms. The largest absolute Gasteiger partial charge is 0.467 e. The van der Waals surface area contributed by atoms with Crippen LogP contribution in [-0.4, -0.2) is 25.0 Å². The molecular formula is C14H19NO3. The highest BCUT2D eigenvalue weighted by molar-refractivity contribution is 5.85. The Kier molecular flexibility index (Phi) is 4.89. The van der Waals surface area contributed by atoms with Gasteiger partial charge in [-0.05, 0) is 37.5 Å². The molecule has 0 saturated heterocycles. The number of nitrogens with one attached hydrogen (secondary N) is 1. The molecule has 1 atom stereocenters. The summed E-state index contributed by atoms with van der Waals surface area (Å²) in [4.78, 5) is 23.0. The van der Waals surface area contributed by atoms with E-state index in [1.54, 1.807) is 6.92 Å². The summed E-state index contributed by atoms with van der Waals surface area (Å²) in [6.45, 7) is 5.55. The Morgan fingerprint density at radius 1 is 1.28 bits per heavy atom. The zero-order chi connectivity index (χ0) is 13.7. The number of benzene rings is 1. The molecule has 1 aromatic rings. The van der Waals surface area contributed by atoms with Gasteiger partial charge in [-0.25, -0.2) is 4.79 Å². The summed E-state index contributed by atoms with van der Waals surface area (Å²) < 4.78 is 4.56. The SMILES string of the molecule is COC(=O)[C@@H](C)NC(=O)Cc1c(C)cccc1C. The third kappa shape index (κ3) is 3.58. The monoisotopic (exact) mass is 249 g/mol. The van der Waals surface area contributed by atoms with E-state index in [1.165, 1.54) is 7.11 Å². The number of ether oxygens (including phenoxy) is 1. The fourth-order valence-corrected chi connectivity index (χ4v) is 1.82. The van der Waals surface area contributed by atoms with Crippen LogP contribution in [-0.2, 0) is 20.7 Å². The van der Waals surface area contributed by atoms with Crippen LogP contribution < -0.4 is 5.32 Å². The Hall–Kier alpha value is -1.84. The van der Waals surface area contributed by atoms with Crippen molar-refractivity contribution in [3.05, 3.63) is 34.9 Å². The Morgan fingerprint density at radius 2 is 1.83 bits per heavy atom. The van der Waals surface area contributed by atoms with E-state index in [0.717, 1.165) is 16.7 Å². The van der Waals surface area contributed by atoms with Crippen LogP contribution in [0.4, 0.5) is 0 Å². The fraction of sp³-hybridized carbons (Fsp3) is 0.429. The molecule has 0 aromatic heterocycles. The zero-order valence-electron chi connectivity index (χ0n) is 11.2. The standard InChI is InChI=1S/C14H19NO3/c1-9-6-5-7-10(2)12(9)8-13(16)15-11(3)14(17)18-4/h5-7,11H,8H2,1-4H3,(H,15,16)/t11-/m1/s1. The molecule has 0 bridgehead atoms. The van der Waals surface area contributed by atoms with Crippen LogP contribution in [0.5, 0.6) is 0 Å². The van der Waals surface area contributed by atoms with Crippen molar-refractivity contribution in [2.45, 2.75) is 33.2 Å². The molecule has 4 heteroatoms. The molecule has 18 heavy (non-hydrogen) atoms. The Morgan fingerprint density at radius 3 is 2.33 bits per heavy atom. The summed E-state index contributed by atoms with van der Waals surface area (Å²) in [5.41, 5.74) is 3.17. The van der Waals surface area contributed by atoms with E-state index < -0.39 is 12.0 Å². The maximum atomic E-state index is 11.8. The van der Waals surface area contributed by atoms with E-state index in [0.29, 0.717) is 0 Å². The van der Waals surface area contributed by atoms with Crippen molar-refractivity contribution in [2.75, 3.05) is 7.11 Å². The van der Waals surface area contributed by atoms with Gasteiger partial charge in [0.05, 0.1) is 13.5 Å². The summed E-state index contributed by atoms with van der Waals surface area (Å²) >= 11 is 0. The van der Waals surface area contributed by atoms with Gasteiger partial charge in [-0.2, -0.15) is 0 Å². The third-order valence-electron chi connectivity index (χ3n) is 2.91. The van der Waals surface area contributed by atoms with Gasteiger partial charge < -0.3 is 10.1 Å². The molecule has 0 aliphatic rings. The predicted molar refractivity (Wildman–Crippen MR) is 69.2 cm³/mol. The minimum Gasteiger partial charge on any atom is -0.467 e. The van der Waals surface area contributed by atoms with Gasteiger partial charge in [0.15, 0.2) is 0 Å². The predicted octanol–water partition coefficient (Wildman–Crippen LogP) is 1.52. The molecule has 1 N–H and O–H groups in total. The molecule has 1 rings (SSSR count). The molecule has 0 unspecified atom stereocenters. The number of carbonyl (C=O) groups is 2. The number of esters is 1. The Bertz CT molecular complexity index is 434. The van der Waals surface area contributed by atoms with Crippen LogP contribution in [0.2, 0.25) is 0 Å². The van der Waals surface area contributed by atoms with Gasteiger partial charge in [-0.3, -0.25) is 4.79 Å². The zero-order valence-corrected chi connectivity index (χ0v) is 11.2. The fourth-order valence-electron chi connectivity index (χ4n) is 1.82. The molecule has 0 heterocycles. The van der Waals surface area contributed by atoms with E-state index in [4.69, 9.17) is 0 Å². The first kappa shape index (κ1) is 14.2. The molecule has 0 aliphatic carbocycles. The number of amides is 1. The number of hydrogen-bond acceptors (Lipinski definition) is 3. The van der Waals surface area contributed by atoms with Crippen molar-refractivity contribution in [3.63, 3.8) is 0 Å². The highest BCUT2D eigenvalue weighted by atomic mass is 16.5. The van der Waals surface area contributed by atoms with Crippen LogP contribution >= 0.6 is 0 Å². The highest BCUT2D eigenvalue weighted by Crippen LogP contribution is 2.13. The van der Waals surface area contributed by atoms with Crippen molar-refractivity contribution in [1.29, 1.82) is 0 Å². The Balaban J connectivity index is 2.68. The number of rotatable bonds is 4. The normalized spacial score (nSPS) is 11.8. The third-order valence-corrected chi connectivity index (χ3v) is 2.91. The molecule has 0 saturated carbocycles. The lowest BCUT2D eigenvalue weighted by Crippen LogP contribution is -2.40. The molecule has 0 aliphatic heterocycles. The summed E-state index contributed by atoms with van der Waals surface area (Å²) in [5.74, 6) is -0.616. The average Bonchev–Trinajstić information content (AvgIpc) is 2.32.